The SMILES string of the molecule is CCN(CC)S(=O)(=O)c1ccc(C)c(C(=O)OCCCN2C(=O)CS/C2=C\C(=O)OC)c1. The van der Waals surface area contributed by atoms with Crippen molar-refractivity contribution in [2.24, 2.45) is 0 Å². The maximum absolute atomic E-state index is 12.7. The molecular formula is C21H28N2O7S2. The van der Waals surface area contributed by atoms with Gasteiger partial charge in [-0.1, -0.05) is 31.7 Å². The molecule has 1 heterocycles. The Labute approximate surface area is 192 Å². The van der Waals surface area contributed by atoms with Crippen molar-refractivity contribution in [3.63, 3.8) is 0 Å². The van der Waals surface area contributed by atoms with Gasteiger partial charge in [0.05, 0.1) is 41.0 Å². The highest BCUT2D eigenvalue weighted by molar-refractivity contribution is 8.04. The minimum atomic E-state index is -3.70. The Balaban J connectivity index is 2.02. The van der Waals surface area contributed by atoms with Gasteiger partial charge in [0.25, 0.3) is 0 Å². The highest BCUT2D eigenvalue weighted by Crippen LogP contribution is 2.29. The van der Waals surface area contributed by atoms with Gasteiger partial charge in [0, 0.05) is 19.6 Å². The summed E-state index contributed by atoms with van der Waals surface area (Å²) in [7, 11) is -2.44. The van der Waals surface area contributed by atoms with Gasteiger partial charge in [-0.25, -0.2) is 18.0 Å². The molecule has 0 bridgehead atoms. The molecule has 1 aromatic rings. The zero-order valence-electron chi connectivity index (χ0n) is 18.6. The molecule has 1 aromatic carbocycles. The van der Waals surface area contributed by atoms with E-state index in [-0.39, 0.29) is 35.3 Å². The lowest BCUT2D eigenvalue weighted by Crippen LogP contribution is -2.30. The van der Waals surface area contributed by atoms with E-state index in [1.54, 1.807) is 26.8 Å². The first-order chi connectivity index (χ1) is 15.1. The zero-order chi connectivity index (χ0) is 23.9. The number of ether oxygens (including phenoxy) is 2. The Morgan fingerprint density at radius 3 is 2.56 bits per heavy atom. The van der Waals surface area contributed by atoms with E-state index < -0.39 is 22.0 Å². The number of nitrogens with zero attached hydrogens (tertiary/aromatic N) is 2. The number of benzene rings is 1. The van der Waals surface area contributed by atoms with Crippen LogP contribution in [0.1, 0.15) is 36.2 Å². The summed E-state index contributed by atoms with van der Waals surface area (Å²) in [4.78, 5) is 37.5. The first-order valence-electron chi connectivity index (χ1n) is 10.2. The van der Waals surface area contributed by atoms with Crippen molar-refractivity contribution in [1.82, 2.24) is 9.21 Å². The fourth-order valence-electron chi connectivity index (χ4n) is 3.09. The van der Waals surface area contributed by atoms with Gasteiger partial charge < -0.3 is 14.4 Å². The van der Waals surface area contributed by atoms with Crippen LogP contribution in [0, 0.1) is 6.92 Å². The molecule has 1 amide bonds. The van der Waals surface area contributed by atoms with Crippen molar-refractivity contribution in [2.75, 3.05) is 39.1 Å². The van der Waals surface area contributed by atoms with Crippen LogP contribution in [0.15, 0.2) is 34.2 Å². The molecule has 9 nitrogen and oxygen atoms in total. The summed E-state index contributed by atoms with van der Waals surface area (Å²) < 4.78 is 36.7. The van der Waals surface area contributed by atoms with Crippen LogP contribution >= 0.6 is 11.8 Å². The van der Waals surface area contributed by atoms with E-state index >= 15 is 0 Å². The topological polar surface area (TPSA) is 110 Å². The van der Waals surface area contributed by atoms with Crippen LogP contribution in [0.25, 0.3) is 0 Å². The standard InChI is InChI=1S/C21H28N2O7S2/c1-5-22(6-2)32(27,28)16-9-8-15(3)17(12-16)21(26)30-11-7-10-23-18(24)14-31-19(23)13-20(25)29-4/h8-9,12-13H,5-7,10-11,14H2,1-4H3/b19-13-. The third kappa shape index (κ3) is 6.11. The van der Waals surface area contributed by atoms with Crippen molar-refractivity contribution in [3.05, 3.63) is 40.4 Å². The number of aryl methyl sites for hydroxylation is 1. The van der Waals surface area contributed by atoms with Gasteiger partial charge in [-0.05, 0) is 31.0 Å². The fraction of sp³-hybridized carbons (Fsp3) is 0.476. The van der Waals surface area contributed by atoms with E-state index in [4.69, 9.17) is 4.74 Å². The van der Waals surface area contributed by atoms with E-state index in [1.807, 2.05) is 0 Å². The van der Waals surface area contributed by atoms with Crippen LogP contribution in [0.3, 0.4) is 0 Å². The molecule has 0 radical (unpaired) electrons. The summed E-state index contributed by atoms with van der Waals surface area (Å²) in [6.45, 7) is 6.16. The molecule has 2 rings (SSSR count). The van der Waals surface area contributed by atoms with Crippen LogP contribution in [-0.2, 0) is 29.1 Å². The Morgan fingerprint density at radius 1 is 1.25 bits per heavy atom. The van der Waals surface area contributed by atoms with Crippen molar-refractivity contribution >= 4 is 39.6 Å². The second kappa shape index (κ2) is 11.5. The highest BCUT2D eigenvalue weighted by atomic mass is 32.2. The number of carbonyl (C=O) groups is 3. The number of hydrogen-bond donors (Lipinski definition) is 0. The molecule has 0 N–H and O–H groups in total. The number of methoxy groups -OCH3 is 1. The maximum Gasteiger partial charge on any atom is 0.338 e. The average Bonchev–Trinajstić information content (AvgIpc) is 3.10. The maximum atomic E-state index is 12.7. The van der Waals surface area contributed by atoms with Crippen molar-refractivity contribution in [1.29, 1.82) is 0 Å². The smallest absolute Gasteiger partial charge is 0.338 e. The van der Waals surface area contributed by atoms with Gasteiger partial charge in [0.1, 0.15) is 0 Å². The number of sulfonamides is 1. The van der Waals surface area contributed by atoms with Gasteiger partial charge >= 0.3 is 11.9 Å². The van der Waals surface area contributed by atoms with Gasteiger partial charge in [0.2, 0.25) is 15.9 Å². The van der Waals surface area contributed by atoms with Gasteiger partial charge in [-0.3, -0.25) is 4.79 Å². The van der Waals surface area contributed by atoms with Gasteiger partial charge in [-0.2, -0.15) is 4.31 Å². The van der Waals surface area contributed by atoms with E-state index in [0.29, 0.717) is 30.1 Å². The third-order valence-electron chi connectivity index (χ3n) is 4.88. The van der Waals surface area contributed by atoms with Crippen LogP contribution in [0.2, 0.25) is 0 Å². The number of rotatable bonds is 10. The minimum Gasteiger partial charge on any atom is -0.466 e. The predicted octanol–water partition coefficient (Wildman–Crippen LogP) is 2.16. The lowest BCUT2D eigenvalue weighted by Gasteiger charge is -2.19. The largest absolute Gasteiger partial charge is 0.466 e. The van der Waals surface area contributed by atoms with Crippen LogP contribution in [0.5, 0.6) is 0 Å². The van der Waals surface area contributed by atoms with Crippen LogP contribution in [-0.4, -0.2) is 74.6 Å². The Bertz CT molecular complexity index is 1000. The number of hydrogen-bond acceptors (Lipinski definition) is 8. The Kier molecular flexibility index (Phi) is 9.29. The number of thioether (sulfide) groups is 1. The molecular weight excluding hydrogens is 456 g/mol. The summed E-state index contributed by atoms with van der Waals surface area (Å²) in [5.41, 5.74) is 0.778. The molecule has 1 saturated heterocycles. The molecule has 0 saturated carbocycles. The van der Waals surface area contributed by atoms with Gasteiger partial charge in [-0.15, -0.1) is 0 Å². The molecule has 11 heteroatoms. The lowest BCUT2D eigenvalue weighted by molar-refractivity contribution is -0.134. The third-order valence-corrected chi connectivity index (χ3v) is 7.96. The highest BCUT2D eigenvalue weighted by Gasteiger charge is 2.27. The number of amides is 1. The van der Waals surface area contributed by atoms with Crippen LogP contribution < -0.4 is 0 Å². The molecule has 1 fully saturated rings. The molecule has 32 heavy (non-hydrogen) atoms. The Morgan fingerprint density at radius 2 is 1.94 bits per heavy atom. The van der Waals surface area contributed by atoms with Crippen molar-refractivity contribution in [3.8, 4) is 0 Å². The van der Waals surface area contributed by atoms with Crippen molar-refractivity contribution in [2.45, 2.75) is 32.1 Å². The molecule has 0 aromatic heterocycles. The quantitative estimate of drug-likeness (QED) is 0.282. The molecule has 1 aliphatic heterocycles. The van der Waals surface area contributed by atoms with E-state index in [1.165, 1.54) is 46.3 Å². The average molecular weight is 485 g/mol. The fourth-order valence-corrected chi connectivity index (χ4v) is 5.53. The summed E-state index contributed by atoms with van der Waals surface area (Å²) >= 11 is 1.24. The normalized spacial score (nSPS) is 15.5. The molecule has 0 aliphatic carbocycles. The van der Waals surface area contributed by atoms with E-state index in [9.17, 15) is 22.8 Å². The lowest BCUT2D eigenvalue weighted by atomic mass is 10.1. The second-order valence-corrected chi connectivity index (χ2v) is 9.83. The molecule has 0 atom stereocenters. The van der Waals surface area contributed by atoms with Crippen molar-refractivity contribution < 1.29 is 32.3 Å². The molecule has 176 valence electrons. The number of esters is 2. The minimum absolute atomic E-state index is 0.0330. The first kappa shape index (κ1) is 25.9. The molecule has 0 spiro atoms. The number of carbonyl (C=O) groups excluding carboxylic acids is 3. The zero-order valence-corrected chi connectivity index (χ0v) is 20.3. The van der Waals surface area contributed by atoms with Gasteiger partial charge in [0.15, 0.2) is 0 Å². The van der Waals surface area contributed by atoms with Crippen LogP contribution in [0.4, 0.5) is 0 Å². The molecule has 0 unspecified atom stereocenters. The second-order valence-electron chi connectivity index (χ2n) is 6.90. The summed E-state index contributed by atoms with van der Waals surface area (Å²) in [6, 6.07) is 4.39. The van der Waals surface area contributed by atoms with E-state index in [0.717, 1.165) is 0 Å². The summed E-state index contributed by atoms with van der Waals surface area (Å²) in [5, 5.41) is 0.498. The predicted molar refractivity (Wildman–Crippen MR) is 120 cm³/mol. The monoisotopic (exact) mass is 484 g/mol. The first-order valence-corrected chi connectivity index (χ1v) is 12.6. The molecule has 1 aliphatic rings. The Hall–Kier alpha value is -2.37. The summed E-state index contributed by atoms with van der Waals surface area (Å²) in [6.07, 6.45) is 1.61. The van der Waals surface area contributed by atoms with E-state index in [2.05, 4.69) is 4.74 Å². The summed E-state index contributed by atoms with van der Waals surface area (Å²) in [5.74, 6) is -1.09.